The number of carbonyl (C=O) groups is 1. The maximum atomic E-state index is 12.4. The summed E-state index contributed by atoms with van der Waals surface area (Å²) in [4.78, 5) is 25.6. The zero-order chi connectivity index (χ0) is 14.5. The van der Waals surface area contributed by atoms with Crippen molar-refractivity contribution in [2.75, 3.05) is 26.9 Å². The predicted molar refractivity (Wildman–Crippen MR) is 71.5 cm³/mol. The zero-order valence-corrected chi connectivity index (χ0v) is 11.5. The molecule has 20 heavy (non-hydrogen) atoms. The van der Waals surface area contributed by atoms with Crippen LogP contribution < -0.4 is 5.56 Å². The molecule has 1 N–H and O–H groups in total. The van der Waals surface area contributed by atoms with Crippen LogP contribution in [0.4, 0.5) is 0 Å². The molecule has 0 bridgehead atoms. The van der Waals surface area contributed by atoms with Gasteiger partial charge in [0, 0.05) is 19.7 Å². The third-order valence-corrected chi connectivity index (χ3v) is 3.44. The molecule has 1 atom stereocenters. The van der Waals surface area contributed by atoms with Crippen LogP contribution in [0.15, 0.2) is 16.9 Å². The van der Waals surface area contributed by atoms with Gasteiger partial charge in [-0.2, -0.15) is 5.10 Å². The lowest BCUT2D eigenvalue weighted by Crippen LogP contribution is -2.39. The van der Waals surface area contributed by atoms with Gasteiger partial charge in [-0.05, 0) is 18.9 Å². The van der Waals surface area contributed by atoms with Crippen molar-refractivity contribution in [1.29, 1.82) is 0 Å². The summed E-state index contributed by atoms with van der Waals surface area (Å²) in [5.41, 5.74) is -0.0419. The molecule has 0 aromatic carbocycles. The Bertz CT molecular complexity index is 529. The summed E-state index contributed by atoms with van der Waals surface area (Å²) in [7, 11) is 1.54. The standard InChI is InChI=1S/C13H19N3O4/c1-20-8-7-16-12(18)5-4-11(14-16)13(19)15-6-2-3-10(15)9-17/h4-5,10,17H,2-3,6-9H2,1H3/t10-/m0/s1. The molecular weight excluding hydrogens is 262 g/mol. The Labute approximate surface area is 116 Å². The minimum absolute atomic E-state index is 0.0466. The van der Waals surface area contributed by atoms with E-state index >= 15 is 0 Å². The molecule has 0 unspecified atom stereocenters. The molecule has 1 aliphatic rings. The summed E-state index contributed by atoms with van der Waals surface area (Å²) < 4.78 is 6.13. The first kappa shape index (κ1) is 14.7. The predicted octanol–water partition coefficient (Wildman–Crippen LogP) is -0.513. The Kier molecular flexibility index (Phi) is 4.86. The molecule has 1 fully saturated rings. The van der Waals surface area contributed by atoms with Gasteiger partial charge in [0.05, 0.1) is 25.8 Å². The smallest absolute Gasteiger partial charge is 0.274 e. The Balaban J connectivity index is 2.19. The SMILES string of the molecule is COCCn1nc(C(=O)N2CCC[C@H]2CO)ccc1=O. The lowest BCUT2D eigenvalue weighted by molar-refractivity contribution is 0.0668. The number of amides is 1. The van der Waals surface area contributed by atoms with Gasteiger partial charge in [-0.25, -0.2) is 4.68 Å². The van der Waals surface area contributed by atoms with E-state index in [1.54, 1.807) is 4.90 Å². The second-order valence-electron chi connectivity index (χ2n) is 4.75. The van der Waals surface area contributed by atoms with Crippen molar-refractivity contribution >= 4 is 5.91 Å². The fraction of sp³-hybridized carbons (Fsp3) is 0.615. The Morgan fingerprint density at radius 2 is 2.35 bits per heavy atom. The quantitative estimate of drug-likeness (QED) is 0.785. The van der Waals surface area contributed by atoms with Gasteiger partial charge < -0.3 is 14.7 Å². The monoisotopic (exact) mass is 281 g/mol. The Hall–Kier alpha value is -1.73. The molecule has 1 saturated heterocycles. The van der Waals surface area contributed by atoms with Crippen molar-refractivity contribution < 1.29 is 14.6 Å². The average Bonchev–Trinajstić information content (AvgIpc) is 2.94. The van der Waals surface area contributed by atoms with Crippen LogP contribution in [-0.4, -0.2) is 58.6 Å². The largest absolute Gasteiger partial charge is 0.394 e. The number of rotatable bonds is 5. The molecule has 1 aliphatic heterocycles. The number of ether oxygens (including phenoxy) is 1. The summed E-state index contributed by atoms with van der Waals surface area (Å²) >= 11 is 0. The normalized spacial score (nSPS) is 18.5. The van der Waals surface area contributed by atoms with Crippen molar-refractivity contribution in [1.82, 2.24) is 14.7 Å². The van der Waals surface area contributed by atoms with Crippen LogP contribution in [0.25, 0.3) is 0 Å². The average molecular weight is 281 g/mol. The van der Waals surface area contributed by atoms with Gasteiger partial charge >= 0.3 is 0 Å². The topological polar surface area (TPSA) is 84.7 Å². The van der Waals surface area contributed by atoms with E-state index in [9.17, 15) is 14.7 Å². The molecule has 0 radical (unpaired) electrons. The maximum absolute atomic E-state index is 12.4. The second kappa shape index (κ2) is 6.62. The second-order valence-corrected chi connectivity index (χ2v) is 4.75. The van der Waals surface area contributed by atoms with Crippen LogP contribution in [0.1, 0.15) is 23.3 Å². The number of aliphatic hydroxyl groups excluding tert-OH is 1. The van der Waals surface area contributed by atoms with Gasteiger partial charge in [0.2, 0.25) is 0 Å². The molecule has 1 aromatic heterocycles. The highest BCUT2D eigenvalue weighted by Crippen LogP contribution is 2.18. The number of methoxy groups -OCH3 is 1. The number of hydrogen-bond acceptors (Lipinski definition) is 5. The highest BCUT2D eigenvalue weighted by atomic mass is 16.5. The van der Waals surface area contributed by atoms with Crippen LogP contribution >= 0.6 is 0 Å². The molecule has 110 valence electrons. The number of carbonyl (C=O) groups excluding carboxylic acids is 1. The van der Waals surface area contributed by atoms with E-state index < -0.39 is 0 Å². The third-order valence-electron chi connectivity index (χ3n) is 3.44. The summed E-state index contributed by atoms with van der Waals surface area (Å²) in [5.74, 6) is -0.243. The lowest BCUT2D eigenvalue weighted by atomic mass is 10.2. The molecule has 2 rings (SSSR count). The van der Waals surface area contributed by atoms with Gasteiger partial charge in [-0.1, -0.05) is 0 Å². The zero-order valence-electron chi connectivity index (χ0n) is 11.5. The summed E-state index contributed by atoms with van der Waals surface area (Å²) in [6, 6.07) is 2.62. The van der Waals surface area contributed by atoms with Crippen LogP contribution in [0.5, 0.6) is 0 Å². The molecule has 0 aliphatic carbocycles. The molecule has 7 heteroatoms. The van der Waals surface area contributed by atoms with Crippen LogP contribution in [0.2, 0.25) is 0 Å². The van der Waals surface area contributed by atoms with Crippen molar-refractivity contribution in [3.8, 4) is 0 Å². The van der Waals surface area contributed by atoms with Crippen LogP contribution in [0, 0.1) is 0 Å². The molecule has 1 aromatic rings. The van der Waals surface area contributed by atoms with Crippen LogP contribution in [-0.2, 0) is 11.3 Å². The molecule has 2 heterocycles. The molecule has 1 amide bonds. The van der Waals surface area contributed by atoms with Gasteiger partial charge in [-0.3, -0.25) is 9.59 Å². The fourth-order valence-corrected chi connectivity index (χ4v) is 2.34. The maximum Gasteiger partial charge on any atom is 0.274 e. The summed E-state index contributed by atoms with van der Waals surface area (Å²) in [6.45, 7) is 1.23. The summed E-state index contributed by atoms with van der Waals surface area (Å²) in [6.07, 6.45) is 1.67. The van der Waals surface area contributed by atoms with E-state index in [-0.39, 0.29) is 29.8 Å². The lowest BCUT2D eigenvalue weighted by Gasteiger charge is -2.22. The Morgan fingerprint density at radius 3 is 3.05 bits per heavy atom. The van der Waals surface area contributed by atoms with E-state index in [2.05, 4.69) is 5.10 Å². The van der Waals surface area contributed by atoms with Crippen molar-refractivity contribution in [2.45, 2.75) is 25.4 Å². The molecule has 0 spiro atoms. The highest BCUT2D eigenvalue weighted by Gasteiger charge is 2.29. The van der Waals surface area contributed by atoms with Gasteiger partial charge in [0.1, 0.15) is 5.69 Å². The van der Waals surface area contributed by atoms with Crippen molar-refractivity contribution in [2.24, 2.45) is 0 Å². The van der Waals surface area contributed by atoms with Crippen LogP contribution in [0.3, 0.4) is 0 Å². The fourth-order valence-electron chi connectivity index (χ4n) is 2.34. The first-order valence-corrected chi connectivity index (χ1v) is 6.66. The van der Waals surface area contributed by atoms with E-state index in [1.807, 2.05) is 0 Å². The number of aromatic nitrogens is 2. The van der Waals surface area contributed by atoms with E-state index in [0.717, 1.165) is 12.8 Å². The number of nitrogens with zero attached hydrogens (tertiary/aromatic N) is 3. The third kappa shape index (κ3) is 3.05. The summed E-state index contributed by atoms with van der Waals surface area (Å²) in [5, 5.41) is 13.3. The van der Waals surface area contributed by atoms with E-state index in [1.165, 1.54) is 23.9 Å². The number of aliphatic hydroxyl groups is 1. The minimum Gasteiger partial charge on any atom is -0.394 e. The number of likely N-dealkylation sites (tertiary alicyclic amines) is 1. The first-order valence-electron chi connectivity index (χ1n) is 6.66. The Morgan fingerprint density at radius 1 is 1.55 bits per heavy atom. The minimum atomic E-state index is -0.265. The highest BCUT2D eigenvalue weighted by molar-refractivity contribution is 5.92. The van der Waals surface area contributed by atoms with Crippen molar-refractivity contribution in [3.63, 3.8) is 0 Å². The first-order chi connectivity index (χ1) is 9.67. The molecule has 0 saturated carbocycles. The van der Waals surface area contributed by atoms with E-state index in [0.29, 0.717) is 19.7 Å². The number of hydrogen-bond donors (Lipinski definition) is 1. The van der Waals surface area contributed by atoms with Crippen molar-refractivity contribution in [3.05, 3.63) is 28.2 Å². The van der Waals surface area contributed by atoms with Gasteiger partial charge in [-0.15, -0.1) is 0 Å². The van der Waals surface area contributed by atoms with Gasteiger partial charge in [0.25, 0.3) is 11.5 Å². The molecular formula is C13H19N3O4. The molecule has 7 nitrogen and oxygen atoms in total. The van der Waals surface area contributed by atoms with E-state index in [4.69, 9.17) is 4.74 Å². The van der Waals surface area contributed by atoms with Gasteiger partial charge in [0.15, 0.2) is 0 Å².